The summed E-state index contributed by atoms with van der Waals surface area (Å²) in [5.41, 5.74) is 2.55. The van der Waals surface area contributed by atoms with Crippen LogP contribution in [0.2, 0.25) is 0 Å². The van der Waals surface area contributed by atoms with Crippen LogP contribution in [-0.2, 0) is 16.1 Å². The monoisotopic (exact) mass is 533 g/mol. The number of carbonyl (C=O) groups is 2. The van der Waals surface area contributed by atoms with Gasteiger partial charge < -0.3 is 23.9 Å². The summed E-state index contributed by atoms with van der Waals surface area (Å²) in [5, 5.41) is 3.34. The Morgan fingerprint density at radius 2 is 1.87 bits per heavy atom. The lowest BCUT2D eigenvalue weighted by Gasteiger charge is -2.13. The second-order valence-corrected chi connectivity index (χ2v) is 8.66. The maximum atomic E-state index is 14.3. The minimum Gasteiger partial charge on any atom is -0.497 e. The molecule has 0 aliphatic rings. The summed E-state index contributed by atoms with van der Waals surface area (Å²) < 4.78 is 36.3. The molecule has 1 N–H and O–H groups in total. The molecule has 0 radical (unpaired) electrons. The van der Waals surface area contributed by atoms with Crippen molar-refractivity contribution in [2.24, 2.45) is 4.99 Å². The molecule has 0 unspecified atom stereocenters. The van der Waals surface area contributed by atoms with Gasteiger partial charge in [-0.2, -0.15) is 0 Å². The summed E-state index contributed by atoms with van der Waals surface area (Å²) in [5.74, 6) is -0.438. The number of methoxy groups -OCH3 is 2. The van der Waals surface area contributed by atoms with Gasteiger partial charge >= 0.3 is 5.97 Å². The van der Waals surface area contributed by atoms with E-state index in [0.717, 1.165) is 0 Å². The first kappa shape index (κ1) is 27.3. The van der Waals surface area contributed by atoms with E-state index in [-0.39, 0.29) is 35.8 Å². The lowest BCUT2D eigenvalue weighted by molar-refractivity contribution is -0.144. The maximum absolute atomic E-state index is 14.3. The number of aromatic nitrogens is 1. The predicted octanol–water partition coefficient (Wildman–Crippen LogP) is 5.54. The summed E-state index contributed by atoms with van der Waals surface area (Å²) >= 11 is 0. The first-order valence-electron chi connectivity index (χ1n) is 12.2. The third kappa shape index (κ3) is 6.06. The fraction of sp³-hybridized carbons (Fsp3) is 0.241. The van der Waals surface area contributed by atoms with Crippen LogP contribution in [0, 0.1) is 19.7 Å². The van der Waals surface area contributed by atoms with Crippen molar-refractivity contribution in [1.82, 2.24) is 4.98 Å². The van der Waals surface area contributed by atoms with Crippen molar-refractivity contribution >= 4 is 34.2 Å². The summed E-state index contributed by atoms with van der Waals surface area (Å²) in [7, 11) is 3.00. The van der Waals surface area contributed by atoms with Crippen LogP contribution in [0.1, 0.15) is 40.5 Å². The third-order valence-electron chi connectivity index (χ3n) is 6.02. The Balaban J connectivity index is 1.89. The minimum atomic E-state index is -0.554. The van der Waals surface area contributed by atoms with Gasteiger partial charge in [0.15, 0.2) is 5.58 Å². The second-order valence-electron chi connectivity index (χ2n) is 8.66. The molecule has 0 fully saturated rings. The number of aryl methyl sites for hydroxylation is 2. The Morgan fingerprint density at radius 1 is 1.08 bits per heavy atom. The van der Waals surface area contributed by atoms with Gasteiger partial charge in [0.25, 0.3) is 5.91 Å². The molecule has 2 heterocycles. The van der Waals surface area contributed by atoms with Gasteiger partial charge in [-0.15, -0.1) is 0 Å². The van der Waals surface area contributed by atoms with Crippen molar-refractivity contribution in [2.75, 3.05) is 19.5 Å². The SMILES string of the molecule is CCC(=O)OCc1cnc(C)c2oc(=Nc3ccc(C)c(F)c3)c(C(=O)Nc3ccc(OC)cc3OC)cc12. The number of nitrogens with zero attached hydrogens (tertiary/aromatic N) is 2. The molecule has 0 aliphatic carbocycles. The van der Waals surface area contributed by atoms with Crippen molar-refractivity contribution in [3.8, 4) is 11.5 Å². The number of fused-ring (bicyclic) bond motifs is 1. The third-order valence-corrected chi connectivity index (χ3v) is 6.02. The average Bonchev–Trinajstić information content (AvgIpc) is 2.94. The Bertz CT molecular complexity index is 1630. The van der Waals surface area contributed by atoms with Crippen LogP contribution < -0.4 is 20.3 Å². The quantitative estimate of drug-likeness (QED) is 0.296. The van der Waals surface area contributed by atoms with Crippen LogP contribution >= 0.6 is 0 Å². The zero-order valence-corrected chi connectivity index (χ0v) is 22.3. The Hall–Kier alpha value is -4.73. The van der Waals surface area contributed by atoms with Gasteiger partial charge in [0, 0.05) is 29.6 Å². The Labute approximate surface area is 224 Å². The van der Waals surface area contributed by atoms with Gasteiger partial charge in [-0.1, -0.05) is 13.0 Å². The molecule has 0 spiro atoms. The van der Waals surface area contributed by atoms with Crippen LogP contribution in [0.25, 0.3) is 11.0 Å². The summed E-state index contributed by atoms with van der Waals surface area (Å²) in [6.45, 7) is 5.02. The van der Waals surface area contributed by atoms with Crippen LogP contribution in [0.3, 0.4) is 0 Å². The number of pyridine rings is 1. The molecule has 0 bridgehead atoms. The summed E-state index contributed by atoms with van der Waals surface area (Å²) in [4.78, 5) is 34.2. The topological polar surface area (TPSA) is 112 Å². The zero-order valence-electron chi connectivity index (χ0n) is 22.3. The normalized spacial score (nSPS) is 11.4. The molecule has 4 rings (SSSR count). The smallest absolute Gasteiger partial charge is 0.305 e. The maximum Gasteiger partial charge on any atom is 0.305 e. The predicted molar refractivity (Wildman–Crippen MR) is 143 cm³/mol. The van der Waals surface area contributed by atoms with E-state index in [1.54, 1.807) is 63.4 Å². The standard InChI is InChI=1S/C29H28FN3O6/c1-6-26(34)38-15-18-14-31-17(3)27-21(18)13-22(29(39-27)32-19-8-7-16(2)23(30)11-19)28(35)33-24-10-9-20(36-4)12-25(24)37-5/h7-14H,6,15H2,1-5H3,(H,33,35). The lowest BCUT2D eigenvalue weighted by Crippen LogP contribution is -2.22. The molecule has 2 aromatic carbocycles. The van der Waals surface area contributed by atoms with Gasteiger partial charge in [0.1, 0.15) is 29.5 Å². The van der Waals surface area contributed by atoms with Crippen molar-refractivity contribution < 1.29 is 32.6 Å². The highest BCUT2D eigenvalue weighted by molar-refractivity contribution is 6.06. The minimum absolute atomic E-state index is 0.0525. The highest BCUT2D eigenvalue weighted by Crippen LogP contribution is 2.30. The molecule has 10 heteroatoms. The number of rotatable bonds is 8. The number of ether oxygens (including phenoxy) is 3. The second kappa shape index (κ2) is 11.8. The number of esters is 1. The number of anilines is 1. The fourth-order valence-corrected chi connectivity index (χ4v) is 3.77. The highest BCUT2D eigenvalue weighted by atomic mass is 19.1. The molecular weight excluding hydrogens is 505 g/mol. The molecular formula is C29H28FN3O6. The van der Waals surface area contributed by atoms with Crippen molar-refractivity contribution in [2.45, 2.75) is 33.8 Å². The zero-order chi connectivity index (χ0) is 28.1. The summed E-state index contributed by atoms with van der Waals surface area (Å²) in [6.07, 6.45) is 1.78. The lowest BCUT2D eigenvalue weighted by atomic mass is 10.1. The van der Waals surface area contributed by atoms with Gasteiger partial charge in [-0.3, -0.25) is 14.6 Å². The molecule has 0 saturated heterocycles. The number of carbonyl (C=O) groups excluding carboxylic acids is 2. The van der Waals surface area contributed by atoms with E-state index in [4.69, 9.17) is 18.6 Å². The van der Waals surface area contributed by atoms with Gasteiger partial charge in [0.05, 0.1) is 31.3 Å². The highest BCUT2D eigenvalue weighted by Gasteiger charge is 2.19. The van der Waals surface area contributed by atoms with E-state index in [2.05, 4.69) is 15.3 Å². The number of amides is 1. The first-order chi connectivity index (χ1) is 18.7. The number of nitrogens with one attached hydrogen (secondary N) is 1. The summed E-state index contributed by atoms with van der Waals surface area (Å²) in [6, 6.07) is 11.0. The fourth-order valence-electron chi connectivity index (χ4n) is 3.77. The van der Waals surface area contributed by atoms with Crippen molar-refractivity contribution in [1.29, 1.82) is 0 Å². The molecule has 4 aromatic rings. The molecule has 1 amide bonds. The van der Waals surface area contributed by atoms with Crippen LogP contribution in [0.15, 0.2) is 58.1 Å². The average molecular weight is 534 g/mol. The Morgan fingerprint density at radius 3 is 2.56 bits per heavy atom. The molecule has 0 atom stereocenters. The van der Waals surface area contributed by atoms with E-state index in [1.165, 1.54) is 20.3 Å². The molecule has 202 valence electrons. The molecule has 39 heavy (non-hydrogen) atoms. The number of hydrogen-bond donors (Lipinski definition) is 1. The van der Waals surface area contributed by atoms with Gasteiger partial charge in [-0.25, -0.2) is 9.38 Å². The van der Waals surface area contributed by atoms with Gasteiger partial charge in [-0.05, 0) is 49.7 Å². The molecule has 2 aromatic heterocycles. The number of benzene rings is 2. The largest absolute Gasteiger partial charge is 0.497 e. The van der Waals surface area contributed by atoms with Crippen molar-refractivity contribution in [3.63, 3.8) is 0 Å². The first-order valence-corrected chi connectivity index (χ1v) is 12.2. The van der Waals surface area contributed by atoms with Crippen LogP contribution in [-0.4, -0.2) is 31.1 Å². The molecule has 0 saturated carbocycles. The van der Waals surface area contributed by atoms with E-state index in [9.17, 15) is 14.0 Å². The van der Waals surface area contributed by atoms with Crippen molar-refractivity contribution in [3.05, 3.63) is 82.4 Å². The van der Waals surface area contributed by atoms with E-state index >= 15 is 0 Å². The van der Waals surface area contributed by atoms with E-state index in [0.29, 0.717) is 45.0 Å². The number of halogens is 1. The molecule has 0 aliphatic heterocycles. The Kier molecular flexibility index (Phi) is 8.24. The van der Waals surface area contributed by atoms with E-state index < -0.39 is 11.7 Å². The van der Waals surface area contributed by atoms with E-state index in [1.807, 2.05) is 0 Å². The van der Waals surface area contributed by atoms with Gasteiger partial charge in [0.2, 0.25) is 5.55 Å². The molecule has 9 nitrogen and oxygen atoms in total. The van der Waals surface area contributed by atoms with Crippen LogP contribution in [0.4, 0.5) is 15.8 Å². The number of hydrogen-bond acceptors (Lipinski definition) is 8. The van der Waals surface area contributed by atoms with Crippen LogP contribution in [0.5, 0.6) is 11.5 Å².